The maximum absolute atomic E-state index is 11.7. The van der Waals surface area contributed by atoms with E-state index in [1.165, 1.54) is 0 Å². The molecule has 0 saturated heterocycles. The van der Waals surface area contributed by atoms with Crippen molar-refractivity contribution in [1.82, 2.24) is 9.36 Å². The van der Waals surface area contributed by atoms with Crippen molar-refractivity contribution in [3.63, 3.8) is 0 Å². The lowest BCUT2D eigenvalue weighted by Gasteiger charge is -1.97. The zero-order valence-corrected chi connectivity index (χ0v) is 11.0. The second kappa shape index (κ2) is 5.23. The highest BCUT2D eigenvalue weighted by atomic mass is 35.5. The maximum atomic E-state index is 11.7. The number of rotatable bonds is 5. The first-order valence-electron chi connectivity index (χ1n) is 4.59. The summed E-state index contributed by atoms with van der Waals surface area (Å²) >= 11 is 6.40. The van der Waals surface area contributed by atoms with E-state index in [0.29, 0.717) is 18.1 Å². The fourth-order valence-corrected chi connectivity index (χ4v) is 3.51. The van der Waals surface area contributed by atoms with Crippen LogP contribution in [0.5, 0.6) is 0 Å². The van der Waals surface area contributed by atoms with Gasteiger partial charge in [-0.2, -0.15) is 4.37 Å². The van der Waals surface area contributed by atoms with Crippen LogP contribution < -0.4 is 0 Å². The van der Waals surface area contributed by atoms with Gasteiger partial charge in [-0.1, -0.05) is 13.8 Å². The fraction of sp³-hybridized carbons (Fsp3) is 0.750. The summed E-state index contributed by atoms with van der Waals surface area (Å²) in [5.41, 5.74) is 0. The zero-order valence-electron chi connectivity index (χ0n) is 8.60. The Hall–Kier alpha value is -0.200. The van der Waals surface area contributed by atoms with Gasteiger partial charge in [-0.25, -0.2) is 13.4 Å². The van der Waals surface area contributed by atoms with Crippen molar-refractivity contribution in [2.45, 2.75) is 30.5 Å². The molecule has 0 fully saturated rings. The van der Waals surface area contributed by atoms with Crippen LogP contribution in [0.15, 0.2) is 4.34 Å². The molecular formula is C8H13ClN2O2S2. The van der Waals surface area contributed by atoms with Crippen molar-refractivity contribution in [1.29, 1.82) is 0 Å². The molecule has 0 saturated carbocycles. The normalized spacial score (nSPS) is 12.3. The molecule has 86 valence electrons. The number of halogens is 1. The summed E-state index contributed by atoms with van der Waals surface area (Å²) < 4.78 is 27.5. The number of alkyl halides is 1. The number of hydrogen-bond donors (Lipinski definition) is 0. The Bertz CT molecular complexity index is 414. The average molecular weight is 269 g/mol. The summed E-state index contributed by atoms with van der Waals surface area (Å²) in [6, 6.07) is 0. The topological polar surface area (TPSA) is 59.9 Å². The smallest absolute Gasteiger partial charge is 0.221 e. The minimum Gasteiger partial charge on any atom is -0.221 e. The lowest BCUT2D eigenvalue weighted by molar-refractivity contribution is 0.593. The molecule has 1 rings (SSSR count). The first-order valence-corrected chi connectivity index (χ1v) is 7.55. The van der Waals surface area contributed by atoms with Crippen LogP contribution in [0.4, 0.5) is 0 Å². The highest BCUT2D eigenvalue weighted by molar-refractivity contribution is 7.93. The molecule has 0 N–H and O–H groups in total. The largest absolute Gasteiger partial charge is 0.228 e. The number of sulfone groups is 1. The molecule has 4 nitrogen and oxygen atoms in total. The van der Waals surface area contributed by atoms with Gasteiger partial charge in [0, 0.05) is 11.8 Å². The molecule has 7 heteroatoms. The van der Waals surface area contributed by atoms with Crippen LogP contribution in [0.2, 0.25) is 0 Å². The van der Waals surface area contributed by atoms with Gasteiger partial charge in [0.15, 0.2) is 0 Å². The average Bonchev–Trinajstić information content (AvgIpc) is 2.64. The Labute approximate surface area is 98.8 Å². The molecule has 0 spiro atoms. The minimum atomic E-state index is -3.27. The molecule has 0 amide bonds. The molecule has 15 heavy (non-hydrogen) atoms. The molecule has 0 aliphatic carbocycles. The van der Waals surface area contributed by atoms with E-state index in [0.717, 1.165) is 11.5 Å². The Balaban J connectivity index is 2.86. The summed E-state index contributed by atoms with van der Waals surface area (Å²) in [5, 5.41) is 0. The predicted molar refractivity (Wildman–Crippen MR) is 61.4 cm³/mol. The molecule has 0 bridgehead atoms. The molecule has 0 aliphatic heterocycles. The van der Waals surface area contributed by atoms with Gasteiger partial charge < -0.3 is 0 Å². The van der Waals surface area contributed by atoms with Crippen molar-refractivity contribution < 1.29 is 8.42 Å². The van der Waals surface area contributed by atoms with Crippen LogP contribution in [0.3, 0.4) is 0 Å². The number of nitrogens with zero attached hydrogens (tertiary/aromatic N) is 2. The van der Waals surface area contributed by atoms with Crippen molar-refractivity contribution >= 4 is 33.0 Å². The van der Waals surface area contributed by atoms with Crippen molar-refractivity contribution in [2.75, 3.05) is 11.6 Å². The number of aromatic nitrogens is 2. The lowest BCUT2D eigenvalue weighted by atomic mass is 10.2. The van der Waals surface area contributed by atoms with Gasteiger partial charge in [-0.3, -0.25) is 0 Å². The quantitative estimate of drug-likeness (QED) is 0.767. The Kier molecular flexibility index (Phi) is 4.48. The van der Waals surface area contributed by atoms with Crippen LogP contribution in [0, 0.1) is 0 Å². The SMILES string of the molecule is CC(C)c1nsc(S(=O)(=O)CCCCl)n1. The van der Waals surface area contributed by atoms with Crippen molar-refractivity contribution in [2.24, 2.45) is 0 Å². The van der Waals surface area contributed by atoms with E-state index in [1.54, 1.807) is 0 Å². The molecular weight excluding hydrogens is 256 g/mol. The minimum absolute atomic E-state index is 0.0449. The van der Waals surface area contributed by atoms with E-state index in [2.05, 4.69) is 9.36 Å². The van der Waals surface area contributed by atoms with Crippen LogP contribution >= 0.6 is 23.1 Å². The third-order valence-electron chi connectivity index (χ3n) is 1.75. The third kappa shape index (κ3) is 3.39. The summed E-state index contributed by atoms with van der Waals surface area (Å²) in [5.74, 6) is 1.13. The van der Waals surface area contributed by atoms with E-state index in [-0.39, 0.29) is 16.0 Å². The summed E-state index contributed by atoms with van der Waals surface area (Å²) in [6.07, 6.45) is 0.445. The van der Waals surface area contributed by atoms with E-state index >= 15 is 0 Å². The molecule has 0 atom stereocenters. The molecule has 1 aromatic heterocycles. The van der Waals surface area contributed by atoms with Gasteiger partial charge in [0.1, 0.15) is 5.82 Å². The van der Waals surface area contributed by atoms with Crippen LogP contribution in [0.25, 0.3) is 0 Å². The van der Waals surface area contributed by atoms with Crippen LogP contribution in [-0.4, -0.2) is 29.4 Å². The van der Waals surface area contributed by atoms with Gasteiger partial charge in [0.2, 0.25) is 14.2 Å². The van der Waals surface area contributed by atoms with Crippen molar-refractivity contribution in [3.8, 4) is 0 Å². The van der Waals surface area contributed by atoms with Crippen LogP contribution in [0.1, 0.15) is 32.0 Å². The lowest BCUT2D eigenvalue weighted by Crippen LogP contribution is -2.07. The molecule has 0 aromatic carbocycles. The highest BCUT2D eigenvalue weighted by Crippen LogP contribution is 2.19. The van der Waals surface area contributed by atoms with Gasteiger partial charge in [0.25, 0.3) is 0 Å². The second-order valence-corrected chi connectivity index (χ2v) is 6.85. The van der Waals surface area contributed by atoms with Gasteiger partial charge >= 0.3 is 0 Å². The first-order chi connectivity index (χ1) is 6.97. The second-order valence-electron chi connectivity index (χ2n) is 3.43. The summed E-state index contributed by atoms with van der Waals surface area (Å²) in [4.78, 5) is 4.01. The molecule has 1 aromatic rings. The van der Waals surface area contributed by atoms with Gasteiger partial charge in [-0.15, -0.1) is 11.6 Å². The molecule has 0 radical (unpaired) electrons. The van der Waals surface area contributed by atoms with E-state index in [1.807, 2.05) is 13.8 Å². The van der Waals surface area contributed by atoms with E-state index < -0.39 is 9.84 Å². The third-order valence-corrected chi connectivity index (χ3v) is 4.98. The molecule has 0 unspecified atom stereocenters. The maximum Gasteiger partial charge on any atom is 0.228 e. The first kappa shape index (κ1) is 12.9. The summed E-state index contributed by atoms with van der Waals surface area (Å²) in [6.45, 7) is 3.86. The van der Waals surface area contributed by atoms with Gasteiger partial charge in [0.05, 0.1) is 5.75 Å². The highest BCUT2D eigenvalue weighted by Gasteiger charge is 2.20. The monoisotopic (exact) mass is 268 g/mol. The Morgan fingerprint density at radius 1 is 1.47 bits per heavy atom. The predicted octanol–water partition coefficient (Wildman–Crippen LogP) is 2.06. The fourth-order valence-electron chi connectivity index (χ4n) is 0.913. The Morgan fingerprint density at radius 2 is 2.13 bits per heavy atom. The van der Waals surface area contributed by atoms with E-state index in [9.17, 15) is 8.42 Å². The Morgan fingerprint density at radius 3 is 2.60 bits per heavy atom. The summed E-state index contributed by atoms with van der Waals surface area (Å²) in [7, 11) is -3.27. The van der Waals surface area contributed by atoms with Crippen molar-refractivity contribution in [3.05, 3.63) is 5.82 Å². The van der Waals surface area contributed by atoms with Gasteiger partial charge in [-0.05, 0) is 18.0 Å². The van der Waals surface area contributed by atoms with E-state index in [4.69, 9.17) is 11.6 Å². The molecule has 0 aliphatic rings. The number of hydrogen-bond acceptors (Lipinski definition) is 5. The standard InChI is InChI=1S/C8H13ClN2O2S2/c1-6(2)7-10-8(14-11-7)15(12,13)5-3-4-9/h6H,3-5H2,1-2H3. The van der Waals surface area contributed by atoms with Crippen LogP contribution in [-0.2, 0) is 9.84 Å². The zero-order chi connectivity index (χ0) is 11.5. The molecule has 1 heterocycles.